The second-order valence-electron chi connectivity index (χ2n) is 4.12. The number of carbonyl (C=O) groups is 1. The number of likely N-dealkylation sites (tertiary alicyclic amines) is 1. The molecule has 0 radical (unpaired) electrons. The molecule has 2 heterocycles. The Kier molecular flexibility index (Phi) is 2.13. The van der Waals surface area contributed by atoms with Gasteiger partial charge in [-0.15, -0.1) is 0 Å². The lowest BCUT2D eigenvalue weighted by Crippen LogP contribution is -2.24. The molecule has 1 aliphatic heterocycles. The third kappa shape index (κ3) is 1.56. The Morgan fingerprint density at radius 3 is 3.00 bits per heavy atom. The number of benzene rings is 1. The minimum atomic E-state index is 0.237. The molecule has 4 nitrogen and oxygen atoms in total. The topological polar surface area (TPSA) is 49.0 Å². The number of H-pyrrole nitrogens is 1. The number of aromatic amines is 1. The van der Waals surface area contributed by atoms with Crippen molar-refractivity contribution in [2.45, 2.75) is 19.4 Å². The van der Waals surface area contributed by atoms with Crippen molar-refractivity contribution < 1.29 is 4.79 Å². The molecular weight excluding hydrogens is 202 g/mol. The van der Waals surface area contributed by atoms with Gasteiger partial charge in [0.1, 0.15) is 5.82 Å². The Bertz CT molecular complexity index is 499. The summed E-state index contributed by atoms with van der Waals surface area (Å²) < 4.78 is 0. The van der Waals surface area contributed by atoms with E-state index in [1.54, 1.807) is 0 Å². The number of para-hydroxylation sites is 2. The average molecular weight is 215 g/mol. The molecule has 16 heavy (non-hydrogen) atoms. The van der Waals surface area contributed by atoms with E-state index in [2.05, 4.69) is 9.97 Å². The van der Waals surface area contributed by atoms with Crippen molar-refractivity contribution in [1.29, 1.82) is 0 Å². The van der Waals surface area contributed by atoms with Crippen molar-refractivity contribution in [3.63, 3.8) is 0 Å². The minimum Gasteiger partial charge on any atom is -0.340 e. The van der Waals surface area contributed by atoms with Crippen LogP contribution in [0.4, 0.5) is 0 Å². The van der Waals surface area contributed by atoms with Gasteiger partial charge in [0.2, 0.25) is 5.91 Å². The highest BCUT2D eigenvalue weighted by atomic mass is 16.2. The number of amides is 1. The maximum atomic E-state index is 11.5. The summed E-state index contributed by atoms with van der Waals surface area (Å²) in [5.41, 5.74) is 1.99. The summed E-state index contributed by atoms with van der Waals surface area (Å²) in [6.45, 7) is 1.46. The van der Waals surface area contributed by atoms with Crippen LogP contribution in [0.1, 0.15) is 18.7 Å². The first kappa shape index (κ1) is 9.39. The number of carbonyl (C=O) groups excluding carboxylic acids is 1. The molecule has 1 amide bonds. The molecule has 0 spiro atoms. The molecule has 1 saturated heterocycles. The maximum Gasteiger partial charge on any atom is 0.223 e. The summed E-state index contributed by atoms with van der Waals surface area (Å²) in [6, 6.07) is 7.91. The SMILES string of the molecule is O=C1CCCN1Cc1nc2ccccc2[nH]1. The maximum absolute atomic E-state index is 11.5. The zero-order valence-corrected chi connectivity index (χ0v) is 8.94. The van der Waals surface area contributed by atoms with Gasteiger partial charge in [-0.2, -0.15) is 0 Å². The van der Waals surface area contributed by atoms with Gasteiger partial charge in [-0.05, 0) is 18.6 Å². The number of rotatable bonds is 2. The fourth-order valence-electron chi connectivity index (χ4n) is 2.13. The summed E-state index contributed by atoms with van der Waals surface area (Å²) >= 11 is 0. The lowest BCUT2D eigenvalue weighted by Gasteiger charge is -2.12. The van der Waals surface area contributed by atoms with Gasteiger partial charge in [-0.3, -0.25) is 4.79 Å². The van der Waals surface area contributed by atoms with E-state index in [4.69, 9.17) is 0 Å². The molecule has 0 atom stereocenters. The average Bonchev–Trinajstić information content (AvgIpc) is 2.85. The molecule has 3 rings (SSSR count). The smallest absolute Gasteiger partial charge is 0.223 e. The highest BCUT2D eigenvalue weighted by molar-refractivity contribution is 5.78. The Morgan fingerprint density at radius 1 is 1.38 bits per heavy atom. The van der Waals surface area contributed by atoms with Crippen LogP contribution in [0.15, 0.2) is 24.3 Å². The number of nitrogens with zero attached hydrogens (tertiary/aromatic N) is 2. The zero-order valence-electron chi connectivity index (χ0n) is 8.94. The van der Waals surface area contributed by atoms with Gasteiger partial charge < -0.3 is 9.88 Å². The highest BCUT2D eigenvalue weighted by Gasteiger charge is 2.21. The van der Waals surface area contributed by atoms with E-state index in [9.17, 15) is 4.79 Å². The van der Waals surface area contributed by atoms with Gasteiger partial charge in [0.05, 0.1) is 17.6 Å². The molecule has 82 valence electrons. The molecule has 1 fully saturated rings. The lowest BCUT2D eigenvalue weighted by molar-refractivity contribution is -0.128. The van der Waals surface area contributed by atoms with Crippen LogP contribution < -0.4 is 0 Å². The van der Waals surface area contributed by atoms with E-state index >= 15 is 0 Å². The fraction of sp³-hybridized carbons (Fsp3) is 0.333. The molecule has 1 aromatic carbocycles. The van der Waals surface area contributed by atoms with Crippen LogP contribution in [-0.2, 0) is 11.3 Å². The molecule has 4 heteroatoms. The molecule has 0 saturated carbocycles. The first-order valence-electron chi connectivity index (χ1n) is 5.54. The number of nitrogens with one attached hydrogen (secondary N) is 1. The van der Waals surface area contributed by atoms with Crippen molar-refractivity contribution >= 4 is 16.9 Å². The van der Waals surface area contributed by atoms with E-state index in [0.29, 0.717) is 13.0 Å². The van der Waals surface area contributed by atoms with Crippen LogP contribution in [0.2, 0.25) is 0 Å². The summed E-state index contributed by atoms with van der Waals surface area (Å²) in [6.07, 6.45) is 1.65. The normalized spacial score (nSPS) is 16.2. The summed E-state index contributed by atoms with van der Waals surface area (Å²) in [5.74, 6) is 1.11. The van der Waals surface area contributed by atoms with Gasteiger partial charge in [0, 0.05) is 13.0 Å². The minimum absolute atomic E-state index is 0.237. The van der Waals surface area contributed by atoms with E-state index in [1.165, 1.54) is 0 Å². The third-order valence-corrected chi connectivity index (χ3v) is 2.95. The predicted octanol–water partition coefficient (Wildman–Crippen LogP) is 1.69. The van der Waals surface area contributed by atoms with Crippen molar-refractivity contribution in [3.8, 4) is 0 Å². The summed E-state index contributed by atoms with van der Waals surface area (Å²) in [5, 5.41) is 0. The number of aromatic nitrogens is 2. The van der Waals surface area contributed by atoms with Crippen LogP contribution in [0, 0.1) is 0 Å². The quantitative estimate of drug-likeness (QED) is 0.828. The standard InChI is InChI=1S/C12H13N3O/c16-12-6-3-7-15(12)8-11-13-9-4-1-2-5-10(9)14-11/h1-2,4-5H,3,6-8H2,(H,13,14). The molecule has 0 bridgehead atoms. The molecule has 0 unspecified atom stereocenters. The van der Waals surface area contributed by atoms with Gasteiger partial charge >= 0.3 is 0 Å². The Morgan fingerprint density at radius 2 is 2.25 bits per heavy atom. The lowest BCUT2D eigenvalue weighted by atomic mass is 10.3. The molecule has 2 aromatic rings. The van der Waals surface area contributed by atoms with E-state index in [-0.39, 0.29) is 5.91 Å². The number of hydrogen-bond acceptors (Lipinski definition) is 2. The summed E-state index contributed by atoms with van der Waals surface area (Å²) in [4.78, 5) is 21.0. The Hall–Kier alpha value is -1.84. The number of hydrogen-bond donors (Lipinski definition) is 1. The monoisotopic (exact) mass is 215 g/mol. The van der Waals surface area contributed by atoms with E-state index in [1.807, 2.05) is 29.2 Å². The van der Waals surface area contributed by atoms with Crippen LogP contribution in [0.5, 0.6) is 0 Å². The first-order chi connectivity index (χ1) is 7.83. The van der Waals surface area contributed by atoms with Gasteiger partial charge in [0.25, 0.3) is 0 Å². The predicted molar refractivity (Wildman–Crippen MR) is 60.7 cm³/mol. The molecule has 1 N–H and O–H groups in total. The van der Waals surface area contributed by atoms with Crippen molar-refractivity contribution in [2.24, 2.45) is 0 Å². The largest absolute Gasteiger partial charge is 0.340 e. The second kappa shape index (κ2) is 3.63. The van der Waals surface area contributed by atoms with Crippen molar-refractivity contribution in [1.82, 2.24) is 14.9 Å². The van der Waals surface area contributed by atoms with Gasteiger partial charge in [-0.1, -0.05) is 12.1 Å². The van der Waals surface area contributed by atoms with Gasteiger partial charge in [-0.25, -0.2) is 4.98 Å². The van der Waals surface area contributed by atoms with Gasteiger partial charge in [0.15, 0.2) is 0 Å². The second-order valence-corrected chi connectivity index (χ2v) is 4.12. The van der Waals surface area contributed by atoms with Crippen LogP contribution in [-0.4, -0.2) is 27.3 Å². The van der Waals surface area contributed by atoms with Crippen molar-refractivity contribution in [3.05, 3.63) is 30.1 Å². The number of fused-ring (bicyclic) bond motifs is 1. The Balaban J connectivity index is 1.86. The highest BCUT2D eigenvalue weighted by Crippen LogP contribution is 2.15. The van der Waals surface area contributed by atoms with Crippen molar-refractivity contribution in [2.75, 3.05) is 6.54 Å². The molecule has 1 aliphatic rings. The molecular formula is C12H13N3O. The van der Waals surface area contributed by atoms with E-state index < -0.39 is 0 Å². The first-order valence-corrected chi connectivity index (χ1v) is 5.54. The molecule has 1 aromatic heterocycles. The zero-order chi connectivity index (χ0) is 11.0. The van der Waals surface area contributed by atoms with Crippen LogP contribution in [0.25, 0.3) is 11.0 Å². The third-order valence-electron chi connectivity index (χ3n) is 2.95. The summed E-state index contributed by atoms with van der Waals surface area (Å²) in [7, 11) is 0. The number of imidazole rings is 1. The Labute approximate surface area is 93.3 Å². The van der Waals surface area contributed by atoms with Crippen LogP contribution >= 0.6 is 0 Å². The fourth-order valence-corrected chi connectivity index (χ4v) is 2.13. The molecule has 0 aliphatic carbocycles. The van der Waals surface area contributed by atoms with Crippen LogP contribution in [0.3, 0.4) is 0 Å². The van der Waals surface area contributed by atoms with E-state index in [0.717, 1.165) is 29.8 Å².